The highest BCUT2D eigenvalue weighted by atomic mass is 15.3. The molecule has 0 saturated heterocycles. The predicted octanol–water partition coefficient (Wildman–Crippen LogP) is 2.72. The number of hydrogen-bond acceptors (Lipinski definition) is 3. The zero-order valence-electron chi connectivity index (χ0n) is 12.8. The summed E-state index contributed by atoms with van der Waals surface area (Å²) < 4.78 is 1.96. The van der Waals surface area contributed by atoms with E-state index < -0.39 is 0 Å². The molecule has 1 aromatic carbocycles. The van der Waals surface area contributed by atoms with Crippen LogP contribution in [0.3, 0.4) is 0 Å². The second-order valence-corrected chi connectivity index (χ2v) is 5.30. The molecule has 0 amide bonds. The van der Waals surface area contributed by atoms with Crippen LogP contribution in [0, 0.1) is 13.8 Å². The SMILES string of the molecule is CCc1nc(CC)n(CC(N)c2ccc(C)cc2C)n1. The molecule has 1 aromatic heterocycles. The van der Waals surface area contributed by atoms with Crippen molar-refractivity contribution in [3.05, 3.63) is 46.5 Å². The second kappa shape index (κ2) is 6.18. The van der Waals surface area contributed by atoms with Gasteiger partial charge in [-0.25, -0.2) is 9.67 Å². The Hall–Kier alpha value is -1.68. The minimum absolute atomic E-state index is 0.0488. The molecule has 0 saturated carbocycles. The third-order valence-corrected chi connectivity index (χ3v) is 3.62. The third-order valence-electron chi connectivity index (χ3n) is 3.62. The van der Waals surface area contributed by atoms with Gasteiger partial charge in [-0.3, -0.25) is 0 Å². The van der Waals surface area contributed by atoms with Gasteiger partial charge in [0.15, 0.2) is 5.82 Å². The topological polar surface area (TPSA) is 56.7 Å². The molecule has 1 unspecified atom stereocenters. The van der Waals surface area contributed by atoms with E-state index in [-0.39, 0.29) is 6.04 Å². The van der Waals surface area contributed by atoms with E-state index in [1.807, 2.05) is 4.68 Å². The Morgan fingerprint density at radius 1 is 1.20 bits per heavy atom. The van der Waals surface area contributed by atoms with E-state index >= 15 is 0 Å². The fourth-order valence-electron chi connectivity index (χ4n) is 2.51. The maximum Gasteiger partial charge on any atom is 0.150 e. The summed E-state index contributed by atoms with van der Waals surface area (Å²) in [6.07, 6.45) is 1.74. The monoisotopic (exact) mass is 272 g/mol. The molecule has 0 aliphatic rings. The largest absolute Gasteiger partial charge is 0.322 e. The van der Waals surface area contributed by atoms with Crippen molar-refractivity contribution in [1.82, 2.24) is 14.8 Å². The van der Waals surface area contributed by atoms with Crippen molar-refractivity contribution in [2.24, 2.45) is 5.73 Å². The van der Waals surface area contributed by atoms with Crippen LogP contribution < -0.4 is 5.73 Å². The Kier molecular flexibility index (Phi) is 4.55. The van der Waals surface area contributed by atoms with Crippen LogP contribution in [0.2, 0.25) is 0 Å². The average Bonchev–Trinajstić information content (AvgIpc) is 2.80. The van der Waals surface area contributed by atoms with E-state index in [2.05, 4.69) is 56.0 Å². The Morgan fingerprint density at radius 3 is 2.55 bits per heavy atom. The zero-order valence-corrected chi connectivity index (χ0v) is 12.8. The zero-order chi connectivity index (χ0) is 14.7. The van der Waals surface area contributed by atoms with Crippen molar-refractivity contribution < 1.29 is 0 Å². The first-order valence-corrected chi connectivity index (χ1v) is 7.30. The molecule has 0 spiro atoms. The molecular formula is C16H24N4. The summed E-state index contributed by atoms with van der Waals surface area (Å²) in [6.45, 7) is 9.07. The number of aryl methyl sites for hydroxylation is 4. The normalized spacial score (nSPS) is 12.7. The molecule has 0 aliphatic carbocycles. The number of nitrogens with zero attached hydrogens (tertiary/aromatic N) is 3. The minimum atomic E-state index is -0.0488. The quantitative estimate of drug-likeness (QED) is 0.910. The summed E-state index contributed by atoms with van der Waals surface area (Å²) in [7, 11) is 0. The first-order valence-electron chi connectivity index (χ1n) is 7.30. The van der Waals surface area contributed by atoms with Crippen molar-refractivity contribution in [2.75, 3.05) is 0 Å². The molecular weight excluding hydrogens is 248 g/mol. The average molecular weight is 272 g/mol. The molecule has 2 N–H and O–H groups in total. The van der Waals surface area contributed by atoms with Crippen molar-refractivity contribution in [3.63, 3.8) is 0 Å². The number of nitrogens with two attached hydrogens (primary N) is 1. The Labute approximate surface area is 121 Å². The lowest BCUT2D eigenvalue weighted by atomic mass is 10.00. The first kappa shape index (κ1) is 14.7. The molecule has 0 fully saturated rings. The summed E-state index contributed by atoms with van der Waals surface area (Å²) in [5, 5.41) is 4.54. The number of aromatic nitrogens is 3. The van der Waals surface area contributed by atoms with Crippen LogP contribution in [-0.2, 0) is 19.4 Å². The molecule has 1 heterocycles. The molecule has 20 heavy (non-hydrogen) atoms. The minimum Gasteiger partial charge on any atom is -0.322 e. The van der Waals surface area contributed by atoms with Crippen molar-refractivity contribution in [1.29, 1.82) is 0 Å². The van der Waals surface area contributed by atoms with Crippen LogP contribution in [0.1, 0.15) is 48.2 Å². The van der Waals surface area contributed by atoms with E-state index in [0.717, 1.165) is 24.5 Å². The van der Waals surface area contributed by atoms with Gasteiger partial charge in [0.05, 0.1) is 6.54 Å². The number of rotatable bonds is 5. The summed E-state index contributed by atoms with van der Waals surface area (Å²) in [6, 6.07) is 6.36. The van der Waals surface area contributed by atoms with Gasteiger partial charge < -0.3 is 5.73 Å². The Morgan fingerprint density at radius 2 is 1.95 bits per heavy atom. The highest BCUT2D eigenvalue weighted by molar-refractivity contribution is 5.32. The molecule has 2 aromatic rings. The molecule has 2 rings (SSSR count). The first-order chi connectivity index (χ1) is 9.55. The second-order valence-electron chi connectivity index (χ2n) is 5.30. The van der Waals surface area contributed by atoms with E-state index in [9.17, 15) is 0 Å². The van der Waals surface area contributed by atoms with E-state index in [4.69, 9.17) is 5.73 Å². The van der Waals surface area contributed by atoms with E-state index in [0.29, 0.717) is 6.54 Å². The molecule has 4 heteroatoms. The Balaban J connectivity index is 2.22. The summed E-state index contributed by atoms with van der Waals surface area (Å²) >= 11 is 0. The fraction of sp³-hybridized carbons (Fsp3) is 0.500. The van der Waals surface area contributed by atoms with Crippen LogP contribution in [0.4, 0.5) is 0 Å². The van der Waals surface area contributed by atoms with Gasteiger partial charge in [0.2, 0.25) is 0 Å². The number of hydrogen-bond donors (Lipinski definition) is 1. The van der Waals surface area contributed by atoms with Crippen LogP contribution in [0.25, 0.3) is 0 Å². The number of benzene rings is 1. The third kappa shape index (κ3) is 3.07. The predicted molar refractivity (Wildman–Crippen MR) is 81.6 cm³/mol. The van der Waals surface area contributed by atoms with Crippen LogP contribution >= 0.6 is 0 Å². The van der Waals surface area contributed by atoms with E-state index in [1.165, 1.54) is 16.7 Å². The lowest BCUT2D eigenvalue weighted by molar-refractivity contribution is 0.504. The molecule has 1 atom stereocenters. The molecule has 0 aliphatic heterocycles. The maximum absolute atomic E-state index is 6.36. The summed E-state index contributed by atoms with van der Waals surface area (Å²) in [4.78, 5) is 4.53. The molecule has 0 bridgehead atoms. The molecule has 4 nitrogen and oxygen atoms in total. The van der Waals surface area contributed by atoms with Crippen LogP contribution in [0.5, 0.6) is 0 Å². The lowest BCUT2D eigenvalue weighted by Gasteiger charge is -2.16. The van der Waals surface area contributed by atoms with Gasteiger partial charge in [-0.1, -0.05) is 37.6 Å². The smallest absolute Gasteiger partial charge is 0.150 e. The van der Waals surface area contributed by atoms with Gasteiger partial charge >= 0.3 is 0 Å². The van der Waals surface area contributed by atoms with Crippen molar-refractivity contribution in [3.8, 4) is 0 Å². The van der Waals surface area contributed by atoms with Crippen molar-refractivity contribution in [2.45, 2.75) is 53.1 Å². The lowest BCUT2D eigenvalue weighted by Crippen LogP contribution is -2.21. The van der Waals surface area contributed by atoms with Gasteiger partial charge in [-0.15, -0.1) is 0 Å². The van der Waals surface area contributed by atoms with Gasteiger partial charge in [-0.2, -0.15) is 5.10 Å². The van der Waals surface area contributed by atoms with Gasteiger partial charge in [0.25, 0.3) is 0 Å². The highest BCUT2D eigenvalue weighted by Crippen LogP contribution is 2.19. The van der Waals surface area contributed by atoms with Crippen molar-refractivity contribution >= 4 is 0 Å². The maximum atomic E-state index is 6.36. The Bertz CT molecular complexity index is 586. The van der Waals surface area contributed by atoms with Crippen LogP contribution in [-0.4, -0.2) is 14.8 Å². The van der Waals surface area contributed by atoms with Gasteiger partial charge in [0.1, 0.15) is 5.82 Å². The van der Waals surface area contributed by atoms with Gasteiger partial charge in [0, 0.05) is 18.9 Å². The van der Waals surface area contributed by atoms with E-state index in [1.54, 1.807) is 0 Å². The standard InChI is InChI=1S/C16H24N4/c1-5-15-18-16(6-2)20(19-15)10-14(17)13-8-7-11(3)9-12(13)4/h7-9,14H,5-6,10,17H2,1-4H3. The van der Waals surface area contributed by atoms with Crippen LogP contribution in [0.15, 0.2) is 18.2 Å². The van der Waals surface area contributed by atoms with Gasteiger partial charge in [-0.05, 0) is 25.0 Å². The molecule has 108 valence electrons. The molecule has 0 radical (unpaired) electrons. The fourth-order valence-corrected chi connectivity index (χ4v) is 2.51. The summed E-state index contributed by atoms with van der Waals surface area (Å²) in [5.74, 6) is 1.91. The summed E-state index contributed by atoms with van der Waals surface area (Å²) in [5.41, 5.74) is 10.1. The highest BCUT2D eigenvalue weighted by Gasteiger charge is 2.14.